The molecule has 1 saturated carbocycles. The standard InChI is InChI=1S/C13H18N4O3/c14-13(19)17-5-1-4-16(6-7-17)12(18)10-8-11(20-15-10)9-2-3-9/h8-9H,1-7H2,(H2,14,19). The number of urea groups is 1. The lowest BCUT2D eigenvalue weighted by Gasteiger charge is -2.19. The van der Waals surface area contributed by atoms with Gasteiger partial charge in [0.2, 0.25) is 0 Å². The normalized spacial score (nSPS) is 19.8. The van der Waals surface area contributed by atoms with Crippen molar-refractivity contribution < 1.29 is 14.1 Å². The molecule has 0 unspecified atom stereocenters. The fourth-order valence-electron chi connectivity index (χ4n) is 2.45. The molecule has 2 N–H and O–H groups in total. The minimum atomic E-state index is -0.434. The van der Waals surface area contributed by atoms with E-state index in [0.29, 0.717) is 37.8 Å². The Morgan fingerprint density at radius 1 is 1.20 bits per heavy atom. The van der Waals surface area contributed by atoms with Crippen molar-refractivity contribution in [3.8, 4) is 0 Å². The molecule has 2 fully saturated rings. The van der Waals surface area contributed by atoms with E-state index in [0.717, 1.165) is 25.0 Å². The Bertz CT molecular complexity index is 523. The van der Waals surface area contributed by atoms with Crippen molar-refractivity contribution in [3.05, 3.63) is 17.5 Å². The average Bonchev–Trinajstić information content (AvgIpc) is 3.21. The first-order chi connectivity index (χ1) is 9.65. The summed E-state index contributed by atoms with van der Waals surface area (Å²) in [4.78, 5) is 26.8. The largest absolute Gasteiger partial charge is 0.360 e. The van der Waals surface area contributed by atoms with Gasteiger partial charge in [-0.1, -0.05) is 5.16 Å². The molecule has 1 aliphatic heterocycles. The maximum atomic E-state index is 12.4. The quantitative estimate of drug-likeness (QED) is 0.865. The summed E-state index contributed by atoms with van der Waals surface area (Å²) in [6.07, 6.45) is 2.95. The summed E-state index contributed by atoms with van der Waals surface area (Å²) < 4.78 is 5.21. The van der Waals surface area contributed by atoms with Gasteiger partial charge >= 0.3 is 6.03 Å². The van der Waals surface area contributed by atoms with Crippen LogP contribution in [0.5, 0.6) is 0 Å². The number of nitrogens with two attached hydrogens (primary N) is 1. The fraction of sp³-hybridized carbons (Fsp3) is 0.615. The van der Waals surface area contributed by atoms with E-state index < -0.39 is 6.03 Å². The van der Waals surface area contributed by atoms with Gasteiger partial charge in [0.05, 0.1) is 0 Å². The van der Waals surface area contributed by atoms with E-state index in [2.05, 4.69) is 5.16 Å². The molecule has 0 atom stereocenters. The molecule has 108 valence electrons. The molecule has 1 aliphatic carbocycles. The molecule has 3 amide bonds. The summed E-state index contributed by atoms with van der Waals surface area (Å²) in [5.41, 5.74) is 5.63. The Hall–Kier alpha value is -2.05. The highest BCUT2D eigenvalue weighted by Crippen LogP contribution is 2.40. The second-order valence-electron chi connectivity index (χ2n) is 5.36. The molecule has 0 aromatic carbocycles. The van der Waals surface area contributed by atoms with Crippen molar-refractivity contribution in [2.45, 2.75) is 25.2 Å². The van der Waals surface area contributed by atoms with Crippen molar-refractivity contribution in [2.75, 3.05) is 26.2 Å². The monoisotopic (exact) mass is 278 g/mol. The number of amides is 3. The van der Waals surface area contributed by atoms with Gasteiger partial charge in [-0.05, 0) is 19.3 Å². The van der Waals surface area contributed by atoms with E-state index >= 15 is 0 Å². The first kappa shape index (κ1) is 13.0. The van der Waals surface area contributed by atoms with Crippen LogP contribution in [0.1, 0.15) is 41.4 Å². The van der Waals surface area contributed by atoms with Gasteiger partial charge in [-0.3, -0.25) is 4.79 Å². The number of hydrogen-bond acceptors (Lipinski definition) is 4. The molecule has 2 aliphatic rings. The number of rotatable bonds is 2. The predicted molar refractivity (Wildman–Crippen MR) is 70.2 cm³/mol. The molecule has 1 saturated heterocycles. The van der Waals surface area contributed by atoms with E-state index in [1.165, 1.54) is 0 Å². The molecule has 7 nitrogen and oxygen atoms in total. The summed E-state index contributed by atoms with van der Waals surface area (Å²) >= 11 is 0. The second kappa shape index (κ2) is 5.15. The zero-order chi connectivity index (χ0) is 14.1. The highest BCUT2D eigenvalue weighted by atomic mass is 16.5. The van der Waals surface area contributed by atoms with Crippen molar-refractivity contribution in [1.29, 1.82) is 0 Å². The topological polar surface area (TPSA) is 92.7 Å². The molecule has 1 aromatic rings. The Morgan fingerprint density at radius 3 is 2.60 bits per heavy atom. The lowest BCUT2D eigenvalue weighted by Crippen LogP contribution is -2.39. The maximum Gasteiger partial charge on any atom is 0.314 e. The lowest BCUT2D eigenvalue weighted by molar-refractivity contribution is 0.0752. The van der Waals surface area contributed by atoms with Crippen molar-refractivity contribution in [1.82, 2.24) is 15.0 Å². The molecule has 20 heavy (non-hydrogen) atoms. The summed E-state index contributed by atoms with van der Waals surface area (Å²) in [5, 5.41) is 3.87. The van der Waals surface area contributed by atoms with Gasteiger partial charge in [0, 0.05) is 38.2 Å². The zero-order valence-corrected chi connectivity index (χ0v) is 11.2. The molecule has 3 rings (SSSR count). The van der Waals surface area contributed by atoms with E-state index in [1.54, 1.807) is 15.9 Å². The number of carbonyl (C=O) groups excluding carboxylic acids is 2. The predicted octanol–water partition coefficient (Wildman–Crippen LogP) is 0.779. The van der Waals surface area contributed by atoms with E-state index in [9.17, 15) is 9.59 Å². The third-order valence-corrected chi connectivity index (χ3v) is 3.82. The third kappa shape index (κ3) is 2.61. The van der Waals surface area contributed by atoms with Crippen LogP contribution in [-0.2, 0) is 0 Å². The van der Waals surface area contributed by atoms with Gasteiger partial charge in [-0.2, -0.15) is 0 Å². The highest BCUT2D eigenvalue weighted by molar-refractivity contribution is 5.92. The van der Waals surface area contributed by atoms with E-state index in [4.69, 9.17) is 10.3 Å². The molecule has 0 radical (unpaired) electrons. The van der Waals surface area contributed by atoms with Gasteiger partial charge in [-0.15, -0.1) is 0 Å². The number of nitrogens with zero attached hydrogens (tertiary/aromatic N) is 3. The Kier molecular flexibility index (Phi) is 3.33. The summed E-state index contributed by atoms with van der Waals surface area (Å²) in [5.74, 6) is 1.12. The highest BCUT2D eigenvalue weighted by Gasteiger charge is 2.30. The summed E-state index contributed by atoms with van der Waals surface area (Å²) in [7, 11) is 0. The second-order valence-corrected chi connectivity index (χ2v) is 5.36. The van der Waals surface area contributed by atoms with Crippen LogP contribution in [0.2, 0.25) is 0 Å². The first-order valence-electron chi connectivity index (χ1n) is 6.95. The lowest BCUT2D eigenvalue weighted by atomic mass is 10.2. The third-order valence-electron chi connectivity index (χ3n) is 3.82. The molecule has 7 heteroatoms. The fourth-order valence-corrected chi connectivity index (χ4v) is 2.45. The summed E-state index contributed by atoms with van der Waals surface area (Å²) in [6, 6.07) is 1.31. The Labute approximate surface area is 116 Å². The van der Waals surface area contributed by atoms with Crippen LogP contribution in [0.15, 0.2) is 10.6 Å². The SMILES string of the molecule is NC(=O)N1CCCN(C(=O)c2cc(C3CC3)on2)CC1. The zero-order valence-electron chi connectivity index (χ0n) is 11.2. The molecule has 2 heterocycles. The smallest absolute Gasteiger partial charge is 0.314 e. The van der Waals surface area contributed by atoms with Crippen LogP contribution in [0, 0.1) is 0 Å². The van der Waals surface area contributed by atoms with Crippen molar-refractivity contribution >= 4 is 11.9 Å². The Balaban J connectivity index is 1.65. The minimum absolute atomic E-state index is 0.132. The molecule has 0 spiro atoms. The van der Waals surface area contributed by atoms with Crippen molar-refractivity contribution in [2.24, 2.45) is 5.73 Å². The van der Waals surface area contributed by atoms with Crippen LogP contribution >= 0.6 is 0 Å². The Morgan fingerprint density at radius 2 is 1.90 bits per heavy atom. The van der Waals surface area contributed by atoms with Gasteiger partial charge in [0.25, 0.3) is 5.91 Å². The molecule has 0 bridgehead atoms. The molecular formula is C13H18N4O3. The van der Waals surface area contributed by atoms with Gasteiger partial charge in [0.1, 0.15) is 5.76 Å². The summed E-state index contributed by atoms with van der Waals surface area (Å²) in [6.45, 7) is 2.14. The maximum absolute atomic E-state index is 12.4. The molecule has 1 aromatic heterocycles. The minimum Gasteiger partial charge on any atom is -0.360 e. The van der Waals surface area contributed by atoms with E-state index in [1.807, 2.05) is 0 Å². The number of primary amides is 1. The van der Waals surface area contributed by atoms with Crippen LogP contribution in [0.25, 0.3) is 0 Å². The van der Waals surface area contributed by atoms with E-state index in [-0.39, 0.29) is 5.91 Å². The van der Waals surface area contributed by atoms with Crippen LogP contribution in [-0.4, -0.2) is 53.1 Å². The van der Waals surface area contributed by atoms with Gasteiger partial charge < -0.3 is 20.1 Å². The number of carbonyl (C=O) groups is 2. The number of aromatic nitrogens is 1. The van der Waals surface area contributed by atoms with Crippen LogP contribution in [0.4, 0.5) is 4.79 Å². The van der Waals surface area contributed by atoms with Gasteiger partial charge in [0.15, 0.2) is 5.69 Å². The first-order valence-corrected chi connectivity index (χ1v) is 6.95. The number of hydrogen-bond donors (Lipinski definition) is 1. The van der Waals surface area contributed by atoms with Crippen LogP contribution in [0.3, 0.4) is 0 Å². The average molecular weight is 278 g/mol. The van der Waals surface area contributed by atoms with Crippen molar-refractivity contribution in [3.63, 3.8) is 0 Å². The molecular weight excluding hydrogens is 260 g/mol. The van der Waals surface area contributed by atoms with Crippen LogP contribution < -0.4 is 5.73 Å². The van der Waals surface area contributed by atoms with Gasteiger partial charge in [-0.25, -0.2) is 4.79 Å².